The van der Waals surface area contributed by atoms with Crippen molar-refractivity contribution >= 4 is 29.2 Å². The lowest BCUT2D eigenvalue weighted by Gasteiger charge is -2.11. The molecule has 0 saturated carbocycles. The number of aliphatic imine (C=N–C) groups is 2. The van der Waals surface area contributed by atoms with E-state index in [4.69, 9.17) is 17.2 Å². The van der Waals surface area contributed by atoms with Crippen LogP contribution in [-0.4, -0.2) is 17.8 Å². The molecule has 0 aliphatic heterocycles. The Labute approximate surface area is 140 Å². The third kappa shape index (κ3) is 4.33. The van der Waals surface area contributed by atoms with Crippen molar-refractivity contribution in [2.45, 2.75) is 13.8 Å². The summed E-state index contributed by atoms with van der Waals surface area (Å²) in [4.78, 5) is 20.3. The second-order valence-corrected chi connectivity index (χ2v) is 5.30. The Balaban J connectivity index is 2.34. The van der Waals surface area contributed by atoms with E-state index in [2.05, 4.69) is 15.3 Å². The summed E-state index contributed by atoms with van der Waals surface area (Å²) >= 11 is 0. The largest absolute Gasteiger partial charge is 0.370 e. The first-order valence-corrected chi connectivity index (χ1v) is 7.28. The number of rotatable bonds is 3. The van der Waals surface area contributed by atoms with Crippen molar-refractivity contribution in [2.24, 2.45) is 27.2 Å². The van der Waals surface area contributed by atoms with Gasteiger partial charge in [0.15, 0.2) is 5.96 Å². The molecule has 2 aromatic carbocycles. The number of nitrogens with one attached hydrogen (secondary N) is 1. The number of nitrogens with zero attached hydrogens (tertiary/aromatic N) is 2. The summed E-state index contributed by atoms with van der Waals surface area (Å²) in [7, 11) is 0. The maximum Gasteiger partial charge on any atom is 0.257 e. The van der Waals surface area contributed by atoms with Crippen LogP contribution < -0.4 is 22.5 Å². The highest BCUT2D eigenvalue weighted by molar-refractivity contribution is 6.08. The summed E-state index contributed by atoms with van der Waals surface area (Å²) in [5.41, 5.74) is 19.7. The number of para-hydroxylation sites is 1. The highest BCUT2D eigenvalue weighted by Crippen LogP contribution is 2.22. The van der Waals surface area contributed by atoms with E-state index in [-0.39, 0.29) is 17.8 Å². The number of nitrogens with two attached hydrogens (primary N) is 3. The van der Waals surface area contributed by atoms with E-state index in [0.717, 1.165) is 16.8 Å². The molecule has 7 nitrogen and oxygen atoms in total. The molecule has 7 N–H and O–H groups in total. The molecule has 0 heterocycles. The van der Waals surface area contributed by atoms with Gasteiger partial charge in [0.1, 0.15) is 0 Å². The van der Waals surface area contributed by atoms with Crippen molar-refractivity contribution in [2.75, 3.05) is 5.32 Å². The minimum absolute atomic E-state index is 0.123. The second kappa shape index (κ2) is 7.28. The minimum atomic E-state index is -0.291. The molecule has 124 valence electrons. The van der Waals surface area contributed by atoms with Gasteiger partial charge in [0.05, 0.1) is 11.3 Å². The van der Waals surface area contributed by atoms with Crippen molar-refractivity contribution < 1.29 is 4.79 Å². The fourth-order valence-corrected chi connectivity index (χ4v) is 2.10. The normalized spacial score (nSPS) is 11.0. The molecule has 0 aliphatic carbocycles. The highest BCUT2D eigenvalue weighted by Gasteiger charge is 2.12. The van der Waals surface area contributed by atoms with Crippen molar-refractivity contribution in [3.63, 3.8) is 0 Å². The number of carbonyl (C=O) groups excluding carboxylic acids is 1. The summed E-state index contributed by atoms with van der Waals surface area (Å²) in [5.74, 6) is -0.615. The van der Waals surface area contributed by atoms with Crippen LogP contribution in [0.4, 0.5) is 11.4 Å². The Bertz CT molecular complexity index is 822. The van der Waals surface area contributed by atoms with Gasteiger partial charge >= 0.3 is 0 Å². The van der Waals surface area contributed by atoms with Crippen molar-refractivity contribution in [1.29, 1.82) is 0 Å². The predicted octanol–water partition coefficient (Wildman–Crippen LogP) is 1.78. The first kappa shape index (κ1) is 17.0. The average Bonchev–Trinajstić information content (AvgIpc) is 2.50. The standard InChI is InChI=1S/C17H20N6O/c1-10-7-8-11(2)14(9-10)21-15(24)12-5-3-4-6-13(12)22-17(20)23-16(18)19/h3-9H,1-2H3,(H,21,24)(H6,18,19,20,22,23). The zero-order chi connectivity index (χ0) is 17.7. The SMILES string of the molecule is Cc1ccc(C)c(NC(=O)c2ccccc2N=C(N)N=C(N)N)c1. The molecule has 0 aliphatic rings. The topological polar surface area (TPSA) is 132 Å². The molecule has 0 radical (unpaired) electrons. The molecule has 24 heavy (non-hydrogen) atoms. The molecular weight excluding hydrogens is 304 g/mol. The Morgan fingerprint density at radius 2 is 1.75 bits per heavy atom. The molecule has 0 fully saturated rings. The molecule has 0 saturated heterocycles. The Kier molecular flexibility index (Phi) is 5.16. The van der Waals surface area contributed by atoms with Gasteiger partial charge in [0.2, 0.25) is 5.96 Å². The monoisotopic (exact) mass is 324 g/mol. The van der Waals surface area contributed by atoms with Gasteiger partial charge in [-0.2, -0.15) is 4.99 Å². The van der Waals surface area contributed by atoms with Crippen molar-refractivity contribution in [1.82, 2.24) is 0 Å². The number of hydrogen-bond acceptors (Lipinski definition) is 2. The smallest absolute Gasteiger partial charge is 0.257 e. The van der Waals surface area contributed by atoms with Crippen LogP contribution in [0.15, 0.2) is 52.4 Å². The molecular formula is C17H20N6O. The molecule has 0 aromatic heterocycles. The minimum Gasteiger partial charge on any atom is -0.370 e. The summed E-state index contributed by atoms with van der Waals surface area (Å²) in [6.07, 6.45) is 0. The number of anilines is 1. The van der Waals surface area contributed by atoms with Gasteiger partial charge in [-0.1, -0.05) is 24.3 Å². The number of aryl methyl sites for hydroxylation is 2. The summed E-state index contributed by atoms with van der Waals surface area (Å²) in [6, 6.07) is 12.6. The van der Waals surface area contributed by atoms with E-state index in [9.17, 15) is 4.79 Å². The summed E-state index contributed by atoms with van der Waals surface area (Å²) in [5, 5.41) is 2.89. The average molecular weight is 324 g/mol. The molecule has 0 unspecified atom stereocenters. The Hall–Kier alpha value is -3.35. The van der Waals surface area contributed by atoms with E-state index >= 15 is 0 Å². The van der Waals surface area contributed by atoms with E-state index in [0.29, 0.717) is 11.3 Å². The van der Waals surface area contributed by atoms with E-state index in [1.165, 1.54) is 0 Å². The second-order valence-electron chi connectivity index (χ2n) is 5.30. The van der Waals surface area contributed by atoms with Crippen LogP contribution in [0.25, 0.3) is 0 Å². The maximum atomic E-state index is 12.6. The Morgan fingerprint density at radius 1 is 1.04 bits per heavy atom. The molecule has 7 heteroatoms. The van der Waals surface area contributed by atoms with Gasteiger partial charge in [0, 0.05) is 5.69 Å². The number of hydrogen-bond donors (Lipinski definition) is 4. The zero-order valence-electron chi connectivity index (χ0n) is 13.6. The van der Waals surface area contributed by atoms with Crippen LogP contribution in [0.2, 0.25) is 0 Å². The number of amides is 1. The molecule has 0 spiro atoms. The molecule has 2 rings (SSSR count). The quantitative estimate of drug-likeness (QED) is 0.506. The van der Waals surface area contributed by atoms with Crippen LogP contribution in [0, 0.1) is 13.8 Å². The van der Waals surface area contributed by atoms with Gasteiger partial charge in [-0.3, -0.25) is 4.79 Å². The van der Waals surface area contributed by atoms with Gasteiger partial charge in [-0.25, -0.2) is 4.99 Å². The highest BCUT2D eigenvalue weighted by atomic mass is 16.1. The molecule has 0 atom stereocenters. The van der Waals surface area contributed by atoms with E-state index < -0.39 is 0 Å². The lowest BCUT2D eigenvalue weighted by molar-refractivity contribution is 0.102. The summed E-state index contributed by atoms with van der Waals surface area (Å²) in [6.45, 7) is 3.89. The van der Waals surface area contributed by atoms with Crippen LogP contribution in [0.1, 0.15) is 21.5 Å². The third-order valence-electron chi connectivity index (χ3n) is 3.27. The van der Waals surface area contributed by atoms with Crippen LogP contribution >= 0.6 is 0 Å². The van der Waals surface area contributed by atoms with Gasteiger partial charge in [-0.15, -0.1) is 0 Å². The molecule has 1 amide bonds. The van der Waals surface area contributed by atoms with Gasteiger partial charge in [-0.05, 0) is 43.2 Å². The zero-order valence-corrected chi connectivity index (χ0v) is 13.6. The van der Waals surface area contributed by atoms with Gasteiger partial charge in [0.25, 0.3) is 5.91 Å². The fourth-order valence-electron chi connectivity index (χ4n) is 2.10. The number of carbonyl (C=O) groups is 1. The number of guanidine groups is 2. The van der Waals surface area contributed by atoms with E-state index in [1.807, 2.05) is 32.0 Å². The lowest BCUT2D eigenvalue weighted by Crippen LogP contribution is -2.26. The van der Waals surface area contributed by atoms with Crippen molar-refractivity contribution in [3.05, 3.63) is 59.2 Å². The first-order valence-electron chi connectivity index (χ1n) is 7.28. The fraction of sp³-hybridized carbons (Fsp3) is 0.118. The number of benzene rings is 2. The third-order valence-corrected chi connectivity index (χ3v) is 3.27. The lowest BCUT2D eigenvalue weighted by atomic mass is 10.1. The molecule has 2 aromatic rings. The van der Waals surface area contributed by atoms with Crippen LogP contribution in [0.3, 0.4) is 0 Å². The van der Waals surface area contributed by atoms with Crippen molar-refractivity contribution in [3.8, 4) is 0 Å². The Morgan fingerprint density at radius 3 is 2.46 bits per heavy atom. The van der Waals surface area contributed by atoms with Gasteiger partial charge < -0.3 is 22.5 Å². The van der Waals surface area contributed by atoms with Crippen LogP contribution in [0.5, 0.6) is 0 Å². The summed E-state index contributed by atoms with van der Waals surface area (Å²) < 4.78 is 0. The van der Waals surface area contributed by atoms with E-state index in [1.54, 1.807) is 24.3 Å². The molecule has 0 bridgehead atoms. The first-order chi connectivity index (χ1) is 11.4. The predicted molar refractivity (Wildman–Crippen MR) is 97.4 cm³/mol. The maximum absolute atomic E-state index is 12.6. The van der Waals surface area contributed by atoms with Crippen LogP contribution in [-0.2, 0) is 0 Å².